The van der Waals surface area contributed by atoms with Crippen LogP contribution in [0.15, 0.2) is 24.5 Å². The van der Waals surface area contributed by atoms with Crippen LogP contribution in [0.2, 0.25) is 0 Å². The van der Waals surface area contributed by atoms with Gasteiger partial charge in [-0.1, -0.05) is 52.0 Å². The molecule has 0 aliphatic heterocycles. The average Bonchev–Trinajstić information content (AvgIpc) is 2.75. The molecule has 29 heavy (non-hydrogen) atoms. The number of benzene rings is 1. The molecule has 0 heterocycles. The molecule has 2 saturated carbocycles. The Morgan fingerprint density at radius 1 is 0.862 bits per heavy atom. The first-order valence-electron chi connectivity index (χ1n) is 11.9. The van der Waals surface area contributed by atoms with E-state index in [9.17, 15) is 8.78 Å². The summed E-state index contributed by atoms with van der Waals surface area (Å²) in [7, 11) is 0. The van der Waals surface area contributed by atoms with Gasteiger partial charge in [0.25, 0.3) is 0 Å². The van der Waals surface area contributed by atoms with Gasteiger partial charge in [-0.3, -0.25) is 0 Å². The van der Waals surface area contributed by atoms with Crippen molar-refractivity contribution in [2.24, 2.45) is 17.8 Å². The van der Waals surface area contributed by atoms with Crippen molar-refractivity contribution in [2.75, 3.05) is 0 Å². The molecule has 3 rings (SSSR count). The van der Waals surface area contributed by atoms with Gasteiger partial charge in [0.2, 0.25) is 5.82 Å². The van der Waals surface area contributed by atoms with Gasteiger partial charge < -0.3 is 4.74 Å². The van der Waals surface area contributed by atoms with Crippen molar-refractivity contribution in [1.29, 1.82) is 0 Å². The minimum atomic E-state index is -0.847. The summed E-state index contributed by atoms with van der Waals surface area (Å²) in [5.74, 6) is 1.15. The van der Waals surface area contributed by atoms with Crippen molar-refractivity contribution in [2.45, 2.75) is 96.8 Å². The number of allylic oxidation sites excluding steroid dienone is 1. The summed E-state index contributed by atoms with van der Waals surface area (Å²) in [6.07, 6.45) is 17.7. The van der Waals surface area contributed by atoms with Gasteiger partial charge in [-0.15, -0.1) is 0 Å². The summed E-state index contributed by atoms with van der Waals surface area (Å²) in [6.45, 7) is 4.35. The third-order valence-corrected chi connectivity index (χ3v) is 7.29. The molecule has 162 valence electrons. The zero-order chi connectivity index (χ0) is 20.6. The lowest BCUT2D eigenvalue weighted by molar-refractivity contribution is 0.156. The summed E-state index contributed by atoms with van der Waals surface area (Å²) in [5, 5.41) is 0. The number of ether oxygens (including phenoxy) is 1. The summed E-state index contributed by atoms with van der Waals surface area (Å²) in [4.78, 5) is 0. The Morgan fingerprint density at radius 3 is 2.14 bits per heavy atom. The quantitative estimate of drug-likeness (QED) is 0.394. The van der Waals surface area contributed by atoms with Crippen LogP contribution in [-0.2, 0) is 0 Å². The molecule has 2 fully saturated rings. The normalized spacial score (nSPS) is 28.0. The number of hydrogen-bond acceptors (Lipinski definition) is 1. The maximum atomic E-state index is 14.7. The molecular weight excluding hydrogens is 366 g/mol. The van der Waals surface area contributed by atoms with E-state index in [1.54, 1.807) is 12.1 Å². The fraction of sp³-hybridized carbons (Fsp3) is 0.692. The lowest BCUT2D eigenvalue weighted by atomic mass is 9.68. The minimum Gasteiger partial charge on any atom is -0.462 e. The van der Waals surface area contributed by atoms with E-state index >= 15 is 0 Å². The Labute approximate surface area is 175 Å². The highest BCUT2D eigenvalue weighted by atomic mass is 19.2. The van der Waals surface area contributed by atoms with Crippen molar-refractivity contribution >= 4 is 0 Å². The summed E-state index contributed by atoms with van der Waals surface area (Å²) in [5.41, 5.74) is 0.539. The summed E-state index contributed by atoms with van der Waals surface area (Å²) < 4.78 is 34.5. The van der Waals surface area contributed by atoms with Crippen LogP contribution in [0.1, 0.15) is 102 Å². The van der Waals surface area contributed by atoms with Gasteiger partial charge in [0.1, 0.15) is 0 Å². The van der Waals surface area contributed by atoms with E-state index in [0.717, 1.165) is 56.3 Å². The summed E-state index contributed by atoms with van der Waals surface area (Å²) in [6, 6.07) is 3.33. The Balaban J connectivity index is 1.53. The predicted octanol–water partition coefficient (Wildman–Crippen LogP) is 8.54. The third-order valence-electron chi connectivity index (χ3n) is 7.29. The second-order valence-electron chi connectivity index (χ2n) is 9.24. The molecule has 1 nitrogen and oxygen atoms in total. The first-order chi connectivity index (χ1) is 14.1. The van der Waals surface area contributed by atoms with Crippen molar-refractivity contribution < 1.29 is 13.5 Å². The molecule has 0 atom stereocenters. The van der Waals surface area contributed by atoms with E-state index < -0.39 is 11.6 Å². The van der Waals surface area contributed by atoms with Crippen molar-refractivity contribution in [1.82, 2.24) is 0 Å². The molecule has 1 aromatic carbocycles. The van der Waals surface area contributed by atoms with Crippen LogP contribution in [0.4, 0.5) is 8.78 Å². The molecule has 0 amide bonds. The number of hydrogen-bond donors (Lipinski definition) is 0. The van der Waals surface area contributed by atoms with E-state index in [0.29, 0.717) is 5.56 Å². The second-order valence-corrected chi connectivity index (χ2v) is 9.24. The molecule has 0 N–H and O–H groups in total. The first kappa shape index (κ1) is 22.3. The Bertz CT molecular complexity index is 653. The first-order valence-corrected chi connectivity index (χ1v) is 11.9. The Hall–Kier alpha value is -1.38. The molecule has 0 bridgehead atoms. The molecule has 0 spiro atoms. The van der Waals surface area contributed by atoms with Crippen LogP contribution >= 0.6 is 0 Å². The van der Waals surface area contributed by atoms with Gasteiger partial charge in [-0.05, 0) is 86.3 Å². The lowest BCUT2D eigenvalue weighted by Gasteiger charge is -2.38. The van der Waals surface area contributed by atoms with Gasteiger partial charge in [-0.25, -0.2) is 4.39 Å². The average molecular weight is 405 g/mol. The molecule has 2 aliphatic rings. The van der Waals surface area contributed by atoms with Crippen LogP contribution in [0.25, 0.3) is 0 Å². The van der Waals surface area contributed by atoms with Crippen LogP contribution in [0, 0.1) is 29.4 Å². The highest BCUT2D eigenvalue weighted by Gasteiger charge is 2.32. The predicted molar refractivity (Wildman–Crippen MR) is 116 cm³/mol. The minimum absolute atomic E-state index is 0.0175. The van der Waals surface area contributed by atoms with E-state index in [-0.39, 0.29) is 11.7 Å². The molecule has 1 aromatic rings. The zero-order valence-corrected chi connectivity index (χ0v) is 18.3. The van der Waals surface area contributed by atoms with Gasteiger partial charge >= 0.3 is 0 Å². The monoisotopic (exact) mass is 404 g/mol. The standard InChI is InChI=1S/C26H38F2O/c1-3-5-6-18-29-24-17-16-23(25(27)26(24)28)22-14-12-21(13-15-22)20-10-8-19(7-4-2)9-11-20/h6,16-22H,3-5,7-15H2,1-2H3/b18-6+. The van der Waals surface area contributed by atoms with Gasteiger partial charge in [0.05, 0.1) is 6.26 Å². The summed E-state index contributed by atoms with van der Waals surface area (Å²) >= 11 is 0. The Kier molecular flexibility index (Phi) is 8.56. The zero-order valence-electron chi connectivity index (χ0n) is 18.3. The molecule has 0 unspecified atom stereocenters. The number of rotatable bonds is 8. The molecule has 3 heteroatoms. The molecule has 2 aliphatic carbocycles. The van der Waals surface area contributed by atoms with Crippen LogP contribution in [-0.4, -0.2) is 0 Å². The molecule has 0 saturated heterocycles. The fourth-order valence-electron chi connectivity index (χ4n) is 5.57. The van der Waals surface area contributed by atoms with E-state index in [1.807, 2.05) is 6.08 Å². The molecular formula is C26H38F2O. The van der Waals surface area contributed by atoms with Gasteiger partial charge in [0, 0.05) is 0 Å². The topological polar surface area (TPSA) is 9.23 Å². The van der Waals surface area contributed by atoms with Crippen molar-refractivity contribution in [3.63, 3.8) is 0 Å². The van der Waals surface area contributed by atoms with E-state index in [2.05, 4.69) is 13.8 Å². The number of halogens is 2. The number of unbranched alkanes of at least 4 members (excludes halogenated alkanes) is 1. The molecule has 0 radical (unpaired) electrons. The highest BCUT2D eigenvalue weighted by molar-refractivity contribution is 5.33. The van der Waals surface area contributed by atoms with Crippen LogP contribution < -0.4 is 4.74 Å². The van der Waals surface area contributed by atoms with Gasteiger partial charge in [-0.2, -0.15) is 4.39 Å². The third kappa shape index (κ3) is 5.83. The second kappa shape index (κ2) is 11.1. The fourth-order valence-corrected chi connectivity index (χ4v) is 5.57. The molecule has 0 aromatic heterocycles. The van der Waals surface area contributed by atoms with Crippen LogP contribution in [0.5, 0.6) is 5.75 Å². The maximum Gasteiger partial charge on any atom is 0.201 e. The van der Waals surface area contributed by atoms with Crippen molar-refractivity contribution in [3.8, 4) is 5.75 Å². The largest absolute Gasteiger partial charge is 0.462 e. The smallest absolute Gasteiger partial charge is 0.201 e. The van der Waals surface area contributed by atoms with Crippen molar-refractivity contribution in [3.05, 3.63) is 41.7 Å². The highest BCUT2D eigenvalue weighted by Crippen LogP contribution is 2.45. The Morgan fingerprint density at radius 2 is 1.52 bits per heavy atom. The maximum absolute atomic E-state index is 14.7. The van der Waals surface area contributed by atoms with Crippen LogP contribution in [0.3, 0.4) is 0 Å². The SMILES string of the molecule is CCC/C=C/Oc1ccc(C2CCC(C3CCC(CCC)CC3)CC2)c(F)c1F. The lowest BCUT2D eigenvalue weighted by Crippen LogP contribution is -2.25. The van der Waals surface area contributed by atoms with E-state index in [4.69, 9.17) is 4.74 Å². The van der Waals surface area contributed by atoms with E-state index in [1.165, 1.54) is 44.8 Å². The van der Waals surface area contributed by atoms with Gasteiger partial charge in [0.15, 0.2) is 11.6 Å².